The molecule has 0 aliphatic heterocycles. The lowest BCUT2D eigenvalue weighted by molar-refractivity contribution is 1.14. The smallest absolute Gasteiger partial charge is 0.171 e. The van der Waals surface area contributed by atoms with Crippen molar-refractivity contribution >= 4 is 17.5 Å². The van der Waals surface area contributed by atoms with Gasteiger partial charge in [-0.3, -0.25) is 0 Å². The third kappa shape index (κ3) is 1.80. The molecule has 5 nitrogen and oxygen atoms in total. The first-order valence-electron chi connectivity index (χ1n) is 4.00. The van der Waals surface area contributed by atoms with E-state index in [9.17, 15) is 0 Å². The number of anilines is 3. The van der Waals surface area contributed by atoms with Gasteiger partial charge in [-0.1, -0.05) is 0 Å². The molecule has 1 rings (SSSR count). The van der Waals surface area contributed by atoms with Crippen molar-refractivity contribution in [1.82, 2.24) is 9.97 Å². The molecule has 0 amide bonds. The van der Waals surface area contributed by atoms with Gasteiger partial charge in [0.05, 0.1) is 5.69 Å². The SMILES string of the molecule is [CH2]c1nc(NC)c(NC)nc1NC. The first kappa shape index (κ1) is 9.57. The van der Waals surface area contributed by atoms with Crippen LogP contribution in [0.1, 0.15) is 5.69 Å². The molecule has 0 atom stereocenters. The summed E-state index contributed by atoms with van der Waals surface area (Å²) in [6.45, 7) is 3.77. The molecule has 5 heteroatoms. The van der Waals surface area contributed by atoms with Gasteiger partial charge in [-0.15, -0.1) is 0 Å². The number of aromatic nitrogens is 2. The van der Waals surface area contributed by atoms with E-state index in [-0.39, 0.29) is 0 Å². The van der Waals surface area contributed by atoms with Crippen molar-refractivity contribution in [2.75, 3.05) is 37.1 Å². The van der Waals surface area contributed by atoms with Crippen LogP contribution in [0.4, 0.5) is 17.5 Å². The molecule has 71 valence electrons. The summed E-state index contributed by atoms with van der Waals surface area (Å²) >= 11 is 0. The monoisotopic (exact) mass is 180 g/mol. The second kappa shape index (κ2) is 3.93. The van der Waals surface area contributed by atoms with Crippen LogP contribution in [0.3, 0.4) is 0 Å². The Bertz CT molecular complexity index is 297. The lowest BCUT2D eigenvalue weighted by atomic mass is 10.4. The van der Waals surface area contributed by atoms with Crippen molar-refractivity contribution in [2.24, 2.45) is 0 Å². The van der Waals surface area contributed by atoms with E-state index in [1.807, 2.05) is 0 Å². The van der Waals surface area contributed by atoms with Crippen molar-refractivity contribution < 1.29 is 0 Å². The Morgan fingerprint density at radius 2 is 1.31 bits per heavy atom. The number of nitrogens with zero attached hydrogens (tertiary/aromatic N) is 2. The predicted molar refractivity (Wildman–Crippen MR) is 55.1 cm³/mol. The minimum Gasteiger partial charge on any atom is -0.372 e. The fourth-order valence-electron chi connectivity index (χ4n) is 1.02. The molecule has 1 aromatic rings. The van der Waals surface area contributed by atoms with E-state index in [0.717, 1.165) is 0 Å². The Balaban J connectivity index is 3.18. The average molecular weight is 180 g/mol. The maximum Gasteiger partial charge on any atom is 0.171 e. The molecule has 0 aliphatic carbocycles. The third-order valence-electron chi connectivity index (χ3n) is 1.68. The van der Waals surface area contributed by atoms with Crippen LogP contribution in [-0.4, -0.2) is 31.1 Å². The molecule has 3 N–H and O–H groups in total. The van der Waals surface area contributed by atoms with Crippen LogP contribution in [0.5, 0.6) is 0 Å². The van der Waals surface area contributed by atoms with Crippen LogP contribution in [-0.2, 0) is 0 Å². The van der Waals surface area contributed by atoms with E-state index in [1.165, 1.54) is 0 Å². The summed E-state index contributed by atoms with van der Waals surface area (Å²) in [6.07, 6.45) is 0. The normalized spacial score (nSPS) is 9.54. The Morgan fingerprint density at radius 3 is 1.77 bits per heavy atom. The van der Waals surface area contributed by atoms with Crippen molar-refractivity contribution in [3.63, 3.8) is 0 Å². The van der Waals surface area contributed by atoms with Gasteiger partial charge in [-0.25, -0.2) is 9.97 Å². The first-order chi connectivity index (χ1) is 6.22. The molecular formula is C8H14N5. The zero-order valence-electron chi connectivity index (χ0n) is 8.10. The number of hydrogen-bond acceptors (Lipinski definition) is 5. The van der Waals surface area contributed by atoms with E-state index < -0.39 is 0 Å². The van der Waals surface area contributed by atoms with Gasteiger partial charge in [-0.05, 0) is 6.92 Å². The second-order valence-corrected chi connectivity index (χ2v) is 2.47. The molecule has 0 unspecified atom stereocenters. The maximum atomic E-state index is 4.27. The zero-order chi connectivity index (χ0) is 9.84. The van der Waals surface area contributed by atoms with E-state index in [0.29, 0.717) is 23.1 Å². The Morgan fingerprint density at radius 1 is 0.846 bits per heavy atom. The molecule has 13 heavy (non-hydrogen) atoms. The number of nitrogens with one attached hydrogen (secondary N) is 3. The van der Waals surface area contributed by atoms with Gasteiger partial charge in [0.15, 0.2) is 11.6 Å². The number of hydrogen-bond donors (Lipinski definition) is 3. The van der Waals surface area contributed by atoms with Crippen LogP contribution in [0.25, 0.3) is 0 Å². The molecule has 0 fully saturated rings. The molecule has 0 bridgehead atoms. The molecule has 0 aromatic carbocycles. The summed E-state index contributed by atoms with van der Waals surface area (Å²) in [7, 11) is 5.38. The fraction of sp³-hybridized carbons (Fsp3) is 0.375. The molecule has 0 spiro atoms. The van der Waals surface area contributed by atoms with E-state index in [4.69, 9.17) is 0 Å². The summed E-state index contributed by atoms with van der Waals surface area (Å²) in [5, 5.41) is 8.80. The van der Waals surface area contributed by atoms with Crippen molar-refractivity contribution in [1.29, 1.82) is 0 Å². The van der Waals surface area contributed by atoms with Gasteiger partial charge >= 0.3 is 0 Å². The van der Waals surface area contributed by atoms with Crippen LogP contribution < -0.4 is 16.0 Å². The van der Waals surface area contributed by atoms with Gasteiger partial charge in [0.25, 0.3) is 0 Å². The fourth-order valence-corrected chi connectivity index (χ4v) is 1.02. The first-order valence-corrected chi connectivity index (χ1v) is 4.00. The molecule has 0 aliphatic rings. The summed E-state index contributed by atoms with van der Waals surface area (Å²) < 4.78 is 0. The molecule has 1 radical (unpaired) electrons. The zero-order valence-corrected chi connectivity index (χ0v) is 8.10. The van der Waals surface area contributed by atoms with Crippen LogP contribution in [0.15, 0.2) is 0 Å². The second-order valence-electron chi connectivity index (χ2n) is 2.47. The van der Waals surface area contributed by atoms with Crippen molar-refractivity contribution in [3.05, 3.63) is 12.6 Å². The summed E-state index contributed by atoms with van der Waals surface area (Å²) in [5.41, 5.74) is 0.630. The lowest BCUT2D eigenvalue weighted by Crippen LogP contribution is -2.06. The number of rotatable bonds is 3. The molecular weight excluding hydrogens is 166 g/mol. The van der Waals surface area contributed by atoms with Crippen molar-refractivity contribution in [3.8, 4) is 0 Å². The topological polar surface area (TPSA) is 61.9 Å². The minimum absolute atomic E-state index is 0.630. The van der Waals surface area contributed by atoms with E-state index >= 15 is 0 Å². The molecule has 1 heterocycles. The van der Waals surface area contributed by atoms with Gasteiger partial charge in [0.1, 0.15) is 5.82 Å². The molecule has 1 aromatic heterocycles. The Hall–Kier alpha value is -1.52. The highest BCUT2D eigenvalue weighted by Gasteiger charge is 2.06. The van der Waals surface area contributed by atoms with Crippen LogP contribution in [0.2, 0.25) is 0 Å². The molecule has 0 saturated carbocycles. The summed E-state index contributed by atoms with van der Waals surface area (Å²) in [4.78, 5) is 8.49. The largest absolute Gasteiger partial charge is 0.372 e. The standard InChI is InChI=1S/C8H14N5/c1-5-6(9-2)13-8(11-4)7(10-3)12-5/h1H2,2-4H3,(H,10,12)(H2,9,11,13). The van der Waals surface area contributed by atoms with Crippen LogP contribution >= 0.6 is 0 Å². The highest BCUT2D eigenvalue weighted by atomic mass is 15.1. The van der Waals surface area contributed by atoms with Gasteiger partial charge < -0.3 is 16.0 Å². The minimum atomic E-state index is 0.630. The average Bonchev–Trinajstić information content (AvgIpc) is 2.17. The Kier molecular flexibility index (Phi) is 2.89. The predicted octanol–water partition coefficient (Wildman–Crippen LogP) is 0.784. The highest BCUT2D eigenvalue weighted by Crippen LogP contribution is 2.19. The van der Waals surface area contributed by atoms with Gasteiger partial charge in [-0.2, -0.15) is 0 Å². The summed E-state index contributed by atoms with van der Waals surface area (Å²) in [5.74, 6) is 2.09. The van der Waals surface area contributed by atoms with Gasteiger partial charge in [0, 0.05) is 21.1 Å². The van der Waals surface area contributed by atoms with E-state index in [1.54, 1.807) is 21.1 Å². The van der Waals surface area contributed by atoms with Gasteiger partial charge in [0.2, 0.25) is 0 Å². The highest BCUT2D eigenvalue weighted by molar-refractivity contribution is 5.63. The van der Waals surface area contributed by atoms with Crippen LogP contribution in [0, 0.1) is 6.92 Å². The maximum absolute atomic E-state index is 4.27. The summed E-state index contributed by atoms with van der Waals surface area (Å²) in [6, 6.07) is 0. The molecule has 0 saturated heterocycles. The lowest BCUT2D eigenvalue weighted by Gasteiger charge is -2.10. The van der Waals surface area contributed by atoms with Crippen molar-refractivity contribution in [2.45, 2.75) is 0 Å². The Labute approximate surface area is 78.0 Å². The quantitative estimate of drug-likeness (QED) is 0.641. The van der Waals surface area contributed by atoms with E-state index in [2.05, 4.69) is 32.8 Å². The third-order valence-corrected chi connectivity index (χ3v) is 1.68.